The van der Waals surface area contributed by atoms with Gasteiger partial charge in [-0.3, -0.25) is 14.4 Å². The Bertz CT molecular complexity index is 1300. The maximum Gasteiger partial charge on any atom is 0.408 e. The Kier molecular flexibility index (Phi) is 20.3. The molecule has 1 aromatic rings. The van der Waals surface area contributed by atoms with Crippen LogP contribution in [0, 0.1) is 0 Å². The molecule has 0 fully saturated rings. The molecule has 1 aromatic carbocycles. The summed E-state index contributed by atoms with van der Waals surface area (Å²) >= 11 is 0. The number of hydrogen-bond acceptors (Lipinski definition) is 10. The van der Waals surface area contributed by atoms with Crippen molar-refractivity contribution < 1.29 is 47.7 Å². The van der Waals surface area contributed by atoms with E-state index in [4.69, 9.17) is 18.9 Å². The smallest absolute Gasteiger partial charge is 0.408 e. The van der Waals surface area contributed by atoms with Crippen LogP contribution in [0.25, 0.3) is 0 Å². The third-order valence-electron chi connectivity index (χ3n) is 6.92. The maximum atomic E-state index is 13.6. The fraction of sp³-hybridized carbons (Fsp3) is 0.684. The van der Waals surface area contributed by atoms with E-state index in [0.717, 1.165) is 5.56 Å². The highest BCUT2D eigenvalue weighted by Gasteiger charge is 2.28. The van der Waals surface area contributed by atoms with Gasteiger partial charge in [0.15, 0.2) is 0 Å². The van der Waals surface area contributed by atoms with Crippen LogP contribution < -0.4 is 26.6 Å². The average molecular weight is 750 g/mol. The van der Waals surface area contributed by atoms with Crippen LogP contribution in [0.2, 0.25) is 0 Å². The minimum Gasteiger partial charge on any atom is -0.461 e. The summed E-state index contributed by atoms with van der Waals surface area (Å²) < 4.78 is 21.2. The van der Waals surface area contributed by atoms with Crippen LogP contribution in [-0.2, 0) is 39.9 Å². The Morgan fingerprint density at radius 2 is 1.00 bits per heavy atom. The molecule has 300 valence electrons. The molecule has 0 heterocycles. The van der Waals surface area contributed by atoms with Gasteiger partial charge in [-0.05, 0) is 113 Å². The molecular formula is C38H63N5O10. The van der Waals surface area contributed by atoms with Gasteiger partial charge in [0.05, 0.1) is 0 Å². The van der Waals surface area contributed by atoms with Crippen molar-refractivity contribution in [1.29, 1.82) is 0 Å². The minimum atomic E-state index is -1.05. The molecule has 0 radical (unpaired) electrons. The number of alkyl carbamates (subject to hydrolysis) is 3. The summed E-state index contributed by atoms with van der Waals surface area (Å²) in [4.78, 5) is 75.9. The zero-order valence-electron chi connectivity index (χ0n) is 33.1. The highest BCUT2D eigenvalue weighted by atomic mass is 16.6. The summed E-state index contributed by atoms with van der Waals surface area (Å²) in [6.45, 7) is 16.6. The summed E-state index contributed by atoms with van der Waals surface area (Å²) in [5, 5.41) is 13.5. The highest BCUT2D eigenvalue weighted by molar-refractivity contribution is 5.91. The molecule has 15 heteroatoms. The molecule has 1 rings (SSSR count). The minimum absolute atomic E-state index is 0.0884. The zero-order valence-corrected chi connectivity index (χ0v) is 33.1. The molecule has 0 aliphatic heterocycles. The number of hydrogen-bond donors (Lipinski definition) is 5. The second-order valence-electron chi connectivity index (χ2n) is 15.6. The molecule has 15 nitrogen and oxygen atoms in total. The molecule has 0 aromatic heterocycles. The number of carbonyl (C=O) groups is 6. The quantitative estimate of drug-likeness (QED) is 0.0654. The lowest BCUT2D eigenvalue weighted by atomic mass is 10.1. The van der Waals surface area contributed by atoms with Crippen LogP contribution in [0.1, 0.15) is 119 Å². The van der Waals surface area contributed by atoms with Crippen LogP contribution in [0.5, 0.6) is 0 Å². The molecule has 53 heavy (non-hydrogen) atoms. The lowest BCUT2D eigenvalue weighted by molar-refractivity contribution is -0.145. The van der Waals surface area contributed by atoms with Gasteiger partial charge >= 0.3 is 24.2 Å². The topological polar surface area (TPSA) is 199 Å². The predicted molar refractivity (Wildman–Crippen MR) is 200 cm³/mol. The standard InChI is InChI=1S/C38H63N5O10/c1-36(2,3)51-33(47)40-23-15-13-20-28(31(45)39-25-17-22-30(44)50-26-27-18-11-10-12-19-27)42-32(46)29(43-35(49)53-38(7,8)9)21-14-16-24-41-34(48)52-37(4,5)6/h10-12,18-19,28-29H,13-17,20-26H2,1-9H3,(H,39,45)(H,40,47)(H,41,48)(H,42,46)(H,43,49). The van der Waals surface area contributed by atoms with Crippen molar-refractivity contribution in [2.75, 3.05) is 19.6 Å². The molecule has 5 amide bonds. The maximum absolute atomic E-state index is 13.6. The second kappa shape index (κ2) is 23.2. The van der Waals surface area contributed by atoms with Gasteiger partial charge in [0.2, 0.25) is 11.8 Å². The van der Waals surface area contributed by atoms with E-state index in [2.05, 4.69) is 26.6 Å². The number of amides is 5. The second-order valence-corrected chi connectivity index (χ2v) is 15.6. The fourth-order valence-electron chi connectivity index (χ4n) is 4.59. The molecule has 0 aliphatic rings. The van der Waals surface area contributed by atoms with Crippen molar-refractivity contribution >= 4 is 36.1 Å². The fourth-order valence-corrected chi connectivity index (χ4v) is 4.59. The SMILES string of the molecule is CC(C)(C)OC(=O)NCCCCC(NC(=O)OC(C)(C)C)C(=O)NC(CCCCNC(=O)OC(C)(C)C)C(=O)NCCCC(=O)OCc1ccccc1. The van der Waals surface area contributed by atoms with E-state index in [-0.39, 0.29) is 39.0 Å². The van der Waals surface area contributed by atoms with Crippen molar-refractivity contribution in [3.05, 3.63) is 35.9 Å². The molecule has 0 saturated carbocycles. The highest BCUT2D eigenvalue weighted by Crippen LogP contribution is 2.11. The van der Waals surface area contributed by atoms with Gasteiger partial charge in [0, 0.05) is 26.1 Å². The van der Waals surface area contributed by atoms with Crippen LogP contribution in [0.4, 0.5) is 14.4 Å². The Morgan fingerprint density at radius 3 is 1.49 bits per heavy atom. The predicted octanol–water partition coefficient (Wildman–Crippen LogP) is 5.39. The van der Waals surface area contributed by atoms with E-state index < -0.39 is 65.0 Å². The summed E-state index contributed by atoms with van der Waals surface area (Å²) in [6.07, 6.45) is 0.808. The lowest BCUT2D eigenvalue weighted by Crippen LogP contribution is -2.54. The average Bonchev–Trinajstić information content (AvgIpc) is 3.02. The van der Waals surface area contributed by atoms with Crippen molar-refractivity contribution in [1.82, 2.24) is 26.6 Å². The summed E-state index contributed by atoms with van der Waals surface area (Å²) in [5.41, 5.74) is -1.23. The number of ether oxygens (including phenoxy) is 4. The molecule has 0 aliphatic carbocycles. The third-order valence-corrected chi connectivity index (χ3v) is 6.92. The molecule has 0 bridgehead atoms. The van der Waals surface area contributed by atoms with Crippen molar-refractivity contribution in [3.8, 4) is 0 Å². The Labute approximate surface area is 314 Å². The van der Waals surface area contributed by atoms with E-state index in [0.29, 0.717) is 38.6 Å². The van der Waals surface area contributed by atoms with Gasteiger partial charge in [0.25, 0.3) is 0 Å². The normalized spacial score (nSPS) is 12.7. The van der Waals surface area contributed by atoms with E-state index in [1.54, 1.807) is 62.3 Å². The Hall–Kier alpha value is -4.56. The van der Waals surface area contributed by atoms with Crippen LogP contribution in [-0.4, -0.2) is 84.6 Å². The number of unbranched alkanes of at least 4 members (excludes halogenated alkanes) is 2. The van der Waals surface area contributed by atoms with Crippen LogP contribution >= 0.6 is 0 Å². The Morgan fingerprint density at radius 1 is 0.547 bits per heavy atom. The van der Waals surface area contributed by atoms with E-state index in [1.807, 2.05) is 30.3 Å². The first-order valence-electron chi connectivity index (χ1n) is 18.3. The lowest BCUT2D eigenvalue weighted by Gasteiger charge is -2.25. The Balaban J connectivity index is 2.87. The number of nitrogens with one attached hydrogen (secondary N) is 5. The molecule has 0 saturated heterocycles. The van der Waals surface area contributed by atoms with Crippen molar-refractivity contribution in [2.45, 2.75) is 149 Å². The molecule has 2 atom stereocenters. The number of carbonyl (C=O) groups excluding carboxylic acids is 6. The zero-order chi connectivity index (χ0) is 40.1. The van der Waals surface area contributed by atoms with E-state index in [1.165, 1.54) is 0 Å². The molecular weight excluding hydrogens is 686 g/mol. The van der Waals surface area contributed by atoms with Crippen molar-refractivity contribution in [3.63, 3.8) is 0 Å². The van der Waals surface area contributed by atoms with Crippen LogP contribution in [0.3, 0.4) is 0 Å². The monoisotopic (exact) mass is 749 g/mol. The first kappa shape index (κ1) is 46.5. The van der Waals surface area contributed by atoms with Gasteiger partial charge in [-0.25, -0.2) is 14.4 Å². The summed E-state index contributed by atoms with van der Waals surface area (Å²) in [5.74, 6) is -1.45. The molecule has 2 unspecified atom stereocenters. The largest absolute Gasteiger partial charge is 0.461 e. The van der Waals surface area contributed by atoms with E-state index in [9.17, 15) is 28.8 Å². The number of esters is 1. The number of benzene rings is 1. The van der Waals surface area contributed by atoms with Gasteiger partial charge in [-0.15, -0.1) is 0 Å². The molecule has 0 spiro atoms. The van der Waals surface area contributed by atoms with Gasteiger partial charge in [-0.1, -0.05) is 30.3 Å². The first-order valence-corrected chi connectivity index (χ1v) is 18.3. The van der Waals surface area contributed by atoms with Crippen molar-refractivity contribution in [2.24, 2.45) is 0 Å². The number of rotatable bonds is 20. The van der Waals surface area contributed by atoms with E-state index >= 15 is 0 Å². The first-order chi connectivity index (χ1) is 24.6. The van der Waals surface area contributed by atoms with Gasteiger partial charge < -0.3 is 45.5 Å². The summed E-state index contributed by atoms with van der Waals surface area (Å²) in [7, 11) is 0. The van der Waals surface area contributed by atoms with Gasteiger partial charge in [0.1, 0.15) is 35.5 Å². The summed E-state index contributed by atoms with van der Waals surface area (Å²) in [6, 6.07) is 7.26. The van der Waals surface area contributed by atoms with Gasteiger partial charge in [-0.2, -0.15) is 0 Å². The van der Waals surface area contributed by atoms with Crippen LogP contribution in [0.15, 0.2) is 30.3 Å². The third kappa shape index (κ3) is 25.1. The molecule has 5 N–H and O–H groups in total.